The second-order valence-electron chi connectivity index (χ2n) is 8.92. The first kappa shape index (κ1) is 23.2. The Kier molecular flexibility index (Phi) is 6.94. The predicted molar refractivity (Wildman–Crippen MR) is 98.3 cm³/mol. The number of rotatable bonds is 4. The molecule has 0 spiro atoms. The number of aliphatic hydroxyl groups is 1. The summed E-state index contributed by atoms with van der Waals surface area (Å²) in [5, 5.41) is 11.4. The van der Waals surface area contributed by atoms with Gasteiger partial charge in [-0.25, -0.2) is 13.6 Å². The minimum atomic E-state index is -2.85. The van der Waals surface area contributed by atoms with Crippen molar-refractivity contribution < 1.29 is 44.9 Å². The summed E-state index contributed by atoms with van der Waals surface area (Å²) in [7, 11) is 4.25. The van der Waals surface area contributed by atoms with Gasteiger partial charge in [-0.15, -0.1) is 0 Å². The Balaban J connectivity index is 0.00000280. The maximum absolute atomic E-state index is 13.8. The fraction of sp³-hybridized carbons (Fsp3) is 0.667. The first-order chi connectivity index (χ1) is 12.5. The van der Waals surface area contributed by atoms with Crippen molar-refractivity contribution in [2.75, 3.05) is 27.2 Å². The van der Waals surface area contributed by atoms with E-state index in [1.54, 1.807) is 24.3 Å². The summed E-state index contributed by atoms with van der Waals surface area (Å²) in [5.74, 6) is -4.49. The molecule has 0 unspecified atom stereocenters. The van der Waals surface area contributed by atoms with Crippen LogP contribution in [0.2, 0.25) is 0 Å². The van der Waals surface area contributed by atoms with Crippen LogP contribution in [0.15, 0.2) is 24.3 Å². The number of benzene rings is 1. The summed E-state index contributed by atoms with van der Waals surface area (Å²) in [5.41, 5.74) is -0.721. The normalized spacial score (nSPS) is 26.1. The molecule has 1 saturated heterocycles. The van der Waals surface area contributed by atoms with Crippen LogP contribution in [0.4, 0.5) is 8.78 Å². The third-order valence-electron chi connectivity index (χ3n) is 6.18. The van der Waals surface area contributed by atoms with Gasteiger partial charge in [0.2, 0.25) is 5.92 Å². The number of quaternary nitrogens is 1. The van der Waals surface area contributed by atoms with E-state index in [1.807, 2.05) is 6.92 Å². The third kappa shape index (κ3) is 4.92. The number of likely N-dealkylation sites (tertiary alicyclic amines) is 1. The van der Waals surface area contributed by atoms with Crippen LogP contribution in [-0.4, -0.2) is 54.8 Å². The summed E-state index contributed by atoms with van der Waals surface area (Å²) in [6.45, 7) is 3.65. The Bertz CT molecular complexity index is 685. The number of alkyl halides is 2. The summed E-state index contributed by atoms with van der Waals surface area (Å²) in [6.07, 6.45) is 0.436. The molecule has 28 heavy (non-hydrogen) atoms. The second-order valence-corrected chi connectivity index (χ2v) is 8.92. The van der Waals surface area contributed by atoms with Crippen molar-refractivity contribution >= 4 is 5.97 Å². The molecule has 3 rings (SSSR count). The van der Waals surface area contributed by atoms with E-state index in [0.29, 0.717) is 18.4 Å². The highest BCUT2D eigenvalue weighted by molar-refractivity contribution is 5.82. The molecule has 1 saturated carbocycles. The van der Waals surface area contributed by atoms with Crippen LogP contribution >= 0.6 is 0 Å². The first-order valence-corrected chi connectivity index (χ1v) is 9.72. The summed E-state index contributed by atoms with van der Waals surface area (Å²) in [4.78, 5) is 13.1. The lowest BCUT2D eigenvalue weighted by molar-refractivity contribution is -0.896. The molecule has 0 aromatic heterocycles. The number of carbonyl (C=O) groups is 1. The minimum absolute atomic E-state index is 0. The smallest absolute Gasteiger partial charge is 0.343 e. The quantitative estimate of drug-likeness (QED) is 0.521. The van der Waals surface area contributed by atoms with Gasteiger partial charge in [-0.1, -0.05) is 29.8 Å². The molecule has 0 bridgehead atoms. The largest absolute Gasteiger partial charge is 1.00 e. The zero-order valence-electron chi connectivity index (χ0n) is 16.8. The monoisotopic (exact) mass is 461 g/mol. The van der Waals surface area contributed by atoms with Gasteiger partial charge in [0.25, 0.3) is 0 Å². The van der Waals surface area contributed by atoms with E-state index in [0.717, 1.165) is 23.1 Å². The molecule has 1 aromatic carbocycles. The van der Waals surface area contributed by atoms with E-state index in [-0.39, 0.29) is 35.9 Å². The molecule has 4 nitrogen and oxygen atoms in total. The van der Waals surface area contributed by atoms with Gasteiger partial charge in [-0.05, 0) is 18.9 Å². The number of hydrogen-bond donors (Lipinski definition) is 1. The average Bonchev–Trinajstić information content (AvgIpc) is 2.97. The van der Waals surface area contributed by atoms with Crippen LogP contribution in [0.5, 0.6) is 0 Å². The number of carbonyl (C=O) groups excluding carboxylic acids is 1. The lowest BCUT2D eigenvalue weighted by Crippen LogP contribution is -3.00. The van der Waals surface area contributed by atoms with Crippen molar-refractivity contribution in [3.63, 3.8) is 0 Å². The Morgan fingerprint density at radius 1 is 1.18 bits per heavy atom. The van der Waals surface area contributed by atoms with Crippen LogP contribution in [0.3, 0.4) is 0 Å². The van der Waals surface area contributed by atoms with E-state index in [1.165, 1.54) is 0 Å². The van der Waals surface area contributed by atoms with Crippen molar-refractivity contribution in [2.45, 2.75) is 56.7 Å². The number of piperidine rings is 1. The molecule has 7 heteroatoms. The second kappa shape index (κ2) is 8.36. The van der Waals surface area contributed by atoms with Crippen molar-refractivity contribution in [3.05, 3.63) is 35.4 Å². The number of ether oxygens (including phenoxy) is 1. The fourth-order valence-electron chi connectivity index (χ4n) is 4.24. The van der Waals surface area contributed by atoms with E-state index >= 15 is 0 Å². The number of esters is 1. The number of hydrogen-bond acceptors (Lipinski definition) is 3. The van der Waals surface area contributed by atoms with Crippen LogP contribution in [0.1, 0.15) is 43.2 Å². The predicted octanol–water partition coefficient (Wildman–Crippen LogP) is 0.404. The van der Waals surface area contributed by atoms with E-state index < -0.39 is 29.8 Å². The lowest BCUT2D eigenvalue weighted by atomic mass is 9.79. The van der Waals surface area contributed by atoms with Gasteiger partial charge < -0.3 is 31.3 Å². The molecule has 1 heterocycles. The van der Waals surface area contributed by atoms with Crippen molar-refractivity contribution in [2.24, 2.45) is 5.92 Å². The molecule has 2 fully saturated rings. The third-order valence-corrected chi connectivity index (χ3v) is 6.18. The van der Waals surface area contributed by atoms with Crippen molar-refractivity contribution in [3.8, 4) is 0 Å². The molecule has 1 aliphatic heterocycles. The number of halogens is 3. The molecular weight excluding hydrogens is 432 g/mol. The molecule has 1 aliphatic carbocycles. The average molecular weight is 462 g/mol. The van der Waals surface area contributed by atoms with Crippen molar-refractivity contribution in [1.82, 2.24) is 0 Å². The zero-order valence-corrected chi connectivity index (χ0v) is 18.3. The Labute approximate surface area is 176 Å². The molecule has 0 radical (unpaired) electrons. The Morgan fingerprint density at radius 2 is 1.75 bits per heavy atom. The van der Waals surface area contributed by atoms with Gasteiger partial charge in [0.05, 0.1) is 27.2 Å². The van der Waals surface area contributed by atoms with Gasteiger partial charge in [-0.3, -0.25) is 0 Å². The van der Waals surface area contributed by atoms with Crippen LogP contribution in [0.25, 0.3) is 0 Å². The molecular formula is C21H30BrF2NO3. The highest BCUT2D eigenvalue weighted by Crippen LogP contribution is 2.48. The van der Waals surface area contributed by atoms with Gasteiger partial charge in [0.1, 0.15) is 6.10 Å². The Hall–Kier alpha value is -1.05. The molecule has 1 aromatic rings. The van der Waals surface area contributed by atoms with Crippen molar-refractivity contribution in [1.29, 1.82) is 0 Å². The summed E-state index contributed by atoms with van der Waals surface area (Å²) >= 11 is 0. The molecule has 2 atom stereocenters. The maximum atomic E-state index is 13.8. The Morgan fingerprint density at radius 3 is 2.25 bits per heavy atom. The van der Waals surface area contributed by atoms with E-state index in [9.17, 15) is 18.7 Å². The topological polar surface area (TPSA) is 46.5 Å². The summed E-state index contributed by atoms with van der Waals surface area (Å²) in [6, 6.07) is 6.85. The number of aryl methyl sites for hydroxylation is 1. The van der Waals surface area contributed by atoms with Gasteiger partial charge in [0.15, 0.2) is 5.60 Å². The highest BCUT2D eigenvalue weighted by atomic mass is 79.9. The van der Waals surface area contributed by atoms with Gasteiger partial charge >= 0.3 is 5.97 Å². The molecule has 158 valence electrons. The van der Waals surface area contributed by atoms with E-state index in [2.05, 4.69) is 14.1 Å². The zero-order chi connectivity index (χ0) is 19.9. The minimum Gasteiger partial charge on any atom is -1.00 e. The highest BCUT2D eigenvalue weighted by Gasteiger charge is 2.55. The lowest BCUT2D eigenvalue weighted by Gasteiger charge is -2.39. The van der Waals surface area contributed by atoms with Gasteiger partial charge in [0, 0.05) is 31.6 Å². The molecule has 2 aliphatic rings. The molecule has 1 N–H and O–H groups in total. The number of nitrogens with zero attached hydrogens (tertiary/aromatic N) is 1. The van der Waals surface area contributed by atoms with Gasteiger partial charge in [-0.2, -0.15) is 0 Å². The standard InChI is InChI=1S/C21H30F2NO3.BrH/c1-15-4-6-16(7-5-15)21(26,17-8-11-20(22,23)14-17)19(25)27-18-9-12-24(2,3)13-10-18;/h4-7,17-18,26H,8-14H2,1-3H3;1H/q+1;/p-1/t17-,21+;/m1./s1. The van der Waals surface area contributed by atoms with Crippen LogP contribution in [0, 0.1) is 12.8 Å². The summed E-state index contributed by atoms with van der Waals surface area (Å²) < 4.78 is 34.2. The fourth-order valence-corrected chi connectivity index (χ4v) is 4.24. The van der Waals surface area contributed by atoms with E-state index in [4.69, 9.17) is 4.74 Å². The maximum Gasteiger partial charge on any atom is 0.343 e. The first-order valence-electron chi connectivity index (χ1n) is 9.72. The van der Waals surface area contributed by atoms with Crippen LogP contribution in [-0.2, 0) is 15.1 Å². The SMILES string of the molecule is Cc1ccc([C@@](O)(C(=O)OC2CC[N+](C)(C)CC2)[C@@H]2CCC(F)(F)C2)cc1.[Br-]. The van der Waals surface area contributed by atoms with Crippen LogP contribution < -0.4 is 17.0 Å². The molecule has 0 amide bonds.